The first kappa shape index (κ1) is 22.7. The minimum absolute atomic E-state index is 0.109. The molecule has 2 aromatic carbocycles. The van der Waals surface area contributed by atoms with Gasteiger partial charge in [-0.3, -0.25) is 4.48 Å². The average Bonchev–Trinajstić information content (AvgIpc) is 2.81. The van der Waals surface area contributed by atoms with Crippen molar-refractivity contribution in [2.75, 3.05) is 26.2 Å². The predicted molar refractivity (Wildman–Crippen MR) is 123 cm³/mol. The van der Waals surface area contributed by atoms with Gasteiger partial charge in [-0.05, 0) is 30.3 Å². The van der Waals surface area contributed by atoms with Crippen LogP contribution in [0.5, 0.6) is 0 Å². The highest BCUT2D eigenvalue weighted by Gasteiger charge is 2.49. The number of hydrogen-bond donors (Lipinski definition) is 1. The predicted octanol–water partition coefficient (Wildman–Crippen LogP) is 4.34. The van der Waals surface area contributed by atoms with E-state index in [-0.39, 0.29) is 21.9 Å². The first-order chi connectivity index (χ1) is 14.8. The van der Waals surface area contributed by atoms with Crippen LogP contribution in [0.4, 0.5) is 0 Å². The molecule has 0 atom stereocenters. The third kappa shape index (κ3) is 4.41. The number of nitrogens with zero attached hydrogens (tertiary/aromatic N) is 1. The molecule has 4 rings (SSSR count). The minimum atomic E-state index is -3.55. The van der Waals surface area contributed by atoms with Gasteiger partial charge in [-0.15, -0.1) is 0 Å². The molecule has 2 fully saturated rings. The van der Waals surface area contributed by atoms with Crippen LogP contribution in [0.25, 0.3) is 0 Å². The van der Waals surface area contributed by atoms with Crippen molar-refractivity contribution in [1.29, 1.82) is 0 Å². The third-order valence-electron chi connectivity index (χ3n) is 6.79. The van der Waals surface area contributed by atoms with Crippen molar-refractivity contribution in [2.45, 2.75) is 41.9 Å². The number of nitrogens with one attached hydrogen (secondary N) is 1. The summed E-state index contributed by atoms with van der Waals surface area (Å²) in [5.41, 5.74) is 0.701. The lowest BCUT2D eigenvalue weighted by molar-refractivity contribution is -0.880. The number of piperidine rings is 2. The summed E-state index contributed by atoms with van der Waals surface area (Å²) in [6, 6.07) is 14.1. The molecule has 0 spiro atoms. The van der Waals surface area contributed by atoms with Gasteiger partial charge in [0.15, 0.2) is 9.84 Å². The van der Waals surface area contributed by atoms with Gasteiger partial charge in [0.2, 0.25) is 0 Å². The molecule has 31 heavy (non-hydrogen) atoms. The van der Waals surface area contributed by atoms with Crippen molar-refractivity contribution < 1.29 is 17.7 Å². The Hall–Kier alpha value is -1.44. The summed E-state index contributed by atoms with van der Waals surface area (Å²) in [6.07, 6.45) is 2.74. The molecule has 2 aliphatic rings. The van der Waals surface area contributed by atoms with Crippen molar-refractivity contribution in [3.63, 3.8) is 0 Å². The maximum Gasteiger partial charge on any atom is 0.346 e. The second kappa shape index (κ2) is 9.20. The Morgan fingerprint density at radius 1 is 0.903 bits per heavy atom. The minimum Gasteiger partial charge on any atom is -0.316 e. The largest absolute Gasteiger partial charge is 0.346 e. The maximum atomic E-state index is 13.7. The summed E-state index contributed by atoms with van der Waals surface area (Å²) in [5, 5.41) is 3.41. The van der Waals surface area contributed by atoms with E-state index in [4.69, 9.17) is 23.2 Å². The molecular weight excluding hydrogens is 455 g/mol. The van der Waals surface area contributed by atoms with E-state index in [0.29, 0.717) is 41.0 Å². The van der Waals surface area contributed by atoms with E-state index in [2.05, 4.69) is 5.32 Å². The lowest BCUT2D eigenvalue weighted by atomic mass is 9.94. The number of carbonyl (C=O) groups excluding carboxylic acids is 1. The van der Waals surface area contributed by atoms with Gasteiger partial charge in [-0.2, -0.15) is 0 Å². The normalized spacial score (nSPS) is 25.3. The fourth-order valence-corrected chi connectivity index (χ4v) is 7.15. The number of amides is 1. The summed E-state index contributed by atoms with van der Waals surface area (Å²) in [5.74, 6) is 0.109. The van der Waals surface area contributed by atoms with Gasteiger partial charge in [0.05, 0.1) is 44.9 Å². The third-order valence-corrected chi connectivity index (χ3v) is 9.79. The molecule has 2 heterocycles. The van der Waals surface area contributed by atoms with Crippen LogP contribution in [0.3, 0.4) is 0 Å². The molecule has 0 aromatic heterocycles. The van der Waals surface area contributed by atoms with Crippen LogP contribution in [-0.4, -0.2) is 56.3 Å². The zero-order valence-corrected chi connectivity index (χ0v) is 19.6. The van der Waals surface area contributed by atoms with Gasteiger partial charge in [0.25, 0.3) is 0 Å². The van der Waals surface area contributed by atoms with Crippen LogP contribution < -0.4 is 5.32 Å². The monoisotopic (exact) mass is 481 g/mol. The summed E-state index contributed by atoms with van der Waals surface area (Å²) >= 11 is 12.0. The first-order valence-electron chi connectivity index (χ1n) is 10.7. The van der Waals surface area contributed by atoms with Crippen LogP contribution in [-0.2, 0) is 9.84 Å². The first-order valence-corrected chi connectivity index (χ1v) is 13.0. The number of quaternary nitrogens is 1. The highest BCUT2D eigenvalue weighted by atomic mass is 35.5. The molecule has 2 aliphatic heterocycles. The van der Waals surface area contributed by atoms with Crippen LogP contribution in [0.2, 0.25) is 10.0 Å². The summed E-state index contributed by atoms with van der Waals surface area (Å²) in [4.78, 5) is 13.9. The van der Waals surface area contributed by atoms with E-state index in [0.717, 1.165) is 25.9 Å². The zero-order valence-electron chi connectivity index (χ0n) is 17.3. The van der Waals surface area contributed by atoms with Crippen molar-refractivity contribution in [1.82, 2.24) is 5.32 Å². The average molecular weight is 482 g/mol. The molecule has 0 unspecified atom stereocenters. The van der Waals surface area contributed by atoms with Crippen molar-refractivity contribution >= 4 is 38.9 Å². The van der Waals surface area contributed by atoms with Crippen LogP contribution in [0, 0.1) is 0 Å². The van der Waals surface area contributed by atoms with E-state index in [1.54, 1.807) is 0 Å². The molecular formula is C23H27Cl2N2O3S+. The van der Waals surface area contributed by atoms with Crippen LogP contribution in [0.15, 0.2) is 53.4 Å². The summed E-state index contributed by atoms with van der Waals surface area (Å²) in [7, 11) is -3.55. The van der Waals surface area contributed by atoms with E-state index in [9.17, 15) is 13.2 Å². The van der Waals surface area contributed by atoms with Crippen molar-refractivity contribution in [2.24, 2.45) is 0 Å². The van der Waals surface area contributed by atoms with Gasteiger partial charge in [-0.25, -0.2) is 13.2 Å². The number of sulfone groups is 1. The fraction of sp³-hybridized carbons (Fsp3) is 0.435. The second-order valence-corrected chi connectivity index (χ2v) is 11.5. The molecule has 1 N–H and O–H groups in total. The highest BCUT2D eigenvalue weighted by Crippen LogP contribution is 2.35. The Labute approximate surface area is 193 Å². The number of rotatable bonds is 4. The summed E-state index contributed by atoms with van der Waals surface area (Å²) < 4.78 is 26.9. The van der Waals surface area contributed by atoms with Gasteiger partial charge < -0.3 is 5.32 Å². The van der Waals surface area contributed by atoms with Gasteiger partial charge in [0, 0.05) is 38.8 Å². The molecule has 2 saturated heterocycles. The van der Waals surface area contributed by atoms with Crippen molar-refractivity contribution in [3.8, 4) is 0 Å². The standard InChI is InChI=1S/C23H27Cl2N2O3S/c24-21-7-6-20(16-22(21)25)31(29,30)19-10-14-27(15-11-19,18-8-12-26-13-9-18)23(28)17-4-2-1-3-5-17/h1-7,16,18-19,26H,8-15H2/q+1. The number of hydrogen-bond acceptors (Lipinski definition) is 4. The van der Waals surface area contributed by atoms with E-state index < -0.39 is 15.1 Å². The number of likely N-dealkylation sites (tertiary alicyclic amines) is 1. The van der Waals surface area contributed by atoms with Gasteiger partial charge in [0.1, 0.15) is 0 Å². The molecule has 1 amide bonds. The topological polar surface area (TPSA) is 63.2 Å². The molecule has 0 radical (unpaired) electrons. The van der Waals surface area contributed by atoms with Crippen LogP contribution in [0.1, 0.15) is 36.0 Å². The zero-order chi connectivity index (χ0) is 22.1. The van der Waals surface area contributed by atoms with Crippen LogP contribution >= 0.6 is 23.2 Å². The second-order valence-electron chi connectivity index (χ2n) is 8.45. The SMILES string of the molecule is O=C(c1ccccc1)[N+]1(C2CCNCC2)CCC(S(=O)(=O)c2ccc(Cl)c(Cl)c2)CC1. The molecule has 5 nitrogen and oxygen atoms in total. The van der Waals surface area contributed by atoms with Gasteiger partial charge >= 0.3 is 5.91 Å². The Morgan fingerprint density at radius 3 is 2.16 bits per heavy atom. The Kier molecular flexibility index (Phi) is 6.75. The van der Waals surface area contributed by atoms with E-state index in [1.807, 2.05) is 30.3 Å². The van der Waals surface area contributed by atoms with Gasteiger partial charge in [-0.1, -0.05) is 41.4 Å². The smallest absolute Gasteiger partial charge is 0.316 e. The quantitative estimate of drug-likeness (QED) is 0.659. The number of carbonyl (C=O) groups is 1. The lowest BCUT2D eigenvalue weighted by Crippen LogP contribution is -2.65. The fourth-order valence-electron chi connectivity index (χ4n) is 5.03. The van der Waals surface area contributed by atoms with E-state index in [1.165, 1.54) is 18.2 Å². The van der Waals surface area contributed by atoms with Crippen molar-refractivity contribution in [3.05, 3.63) is 64.1 Å². The number of halogens is 2. The molecule has 166 valence electrons. The Bertz CT molecular complexity index is 1050. The molecule has 8 heteroatoms. The molecule has 2 aromatic rings. The van der Waals surface area contributed by atoms with E-state index >= 15 is 0 Å². The lowest BCUT2D eigenvalue weighted by Gasteiger charge is -2.47. The molecule has 0 bridgehead atoms. The Balaban J connectivity index is 1.61. The highest BCUT2D eigenvalue weighted by molar-refractivity contribution is 7.92. The molecule has 0 saturated carbocycles. The number of benzene rings is 2. The molecule has 0 aliphatic carbocycles. The maximum absolute atomic E-state index is 13.7. The Morgan fingerprint density at radius 2 is 1.55 bits per heavy atom. The summed E-state index contributed by atoms with van der Waals surface area (Å²) in [6.45, 7) is 2.84.